The van der Waals surface area contributed by atoms with Crippen LogP contribution in [0.5, 0.6) is 0 Å². The molecular weight excluding hydrogens is 256 g/mol. The van der Waals surface area contributed by atoms with Crippen molar-refractivity contribution in [3.63, 3.8) is 0 Å². The molecule has 0 aromatic carbocycles. The van der Waals surface area contributed by atoms with E-state index in [4.69, 9.17) is 0 Å². The monoisotopic (exact) mass is 286 g/mol. The lowest BCUT2D eigenvalue weighted by atomic mass is 9.49. The summed E-state index contributed by atoms with van der Waals surface area (Å²) < 4.78 is 0. The van der Waals surface area contributed by atoms with E-state index in [0.29, 0.717) is 10.8 Å². The predicted molar refractivity (Wildman–Crippen MR) is 86.8 cm³/mol. The van der Waals surface area contributed by atoms with Crippen molar-refractivity contribution in [2.24, 2.45) is 28.6 Å². The molecule has 4 aliphatic carbocycles. The number of hydrogen-bond donors (Lipinski definition) is 1. The number of aliphatic hydroxyl groups excluding tert-OH is 1. The van der Waals surface area contributed by atoms with Crippen molar-refractivity contribution in [3.05, 3.63) is 23.8 Å². The second kappa shape index (κ2) is 4.47. The van der Waals surface area contributed by atoms with Crippen LogP contribution < -0.4 is 0 Å². The summed E-state index contributed by atoms with van der Waals surface area (Å²) in [7, 11) is 0. The summed E-state index contributed by atoms with van der Waals surface area (Å²) in [5.41, 5.74) is 4.05. The Balaban J connectivity index is 1.71. The van der Waals surface area contributed by atoms with Gasteiger partial charge < -0.3 is 5.11 Å². The highest BCUT2D eigenvalue weighted by Gasteiger charge is 2.55. The lowest BCUT2D eigenvalue weighted by Gasteiger charge is -2.56. The van der Waals surface area contributed by atoms with Crippen LogP contribution >= 0.6 is 0 Å². The van der Waals surface area contributed by atoms with Gasteiger partial charge in [0.15, 0.2) is 0 Å². The molecule has 116 valence electrons. The molecule has 1 heteroatoms. The van der Waals surface area contributed by atoms with Gasteiger partial charge in [0.25, 0.3) is 0 Å². The van der Waals surface area contributed by atoms with E-state index >= 15 is 0 Å². The Morgan fingerprint density at radius 1 is 1.14 bits per heavy atom. The largest absolute Gasteiger partial charge is 0.393 e. The van der Waals surface area contributed by atoms with Crippen molar-refractivity contribution in [3.8, 4) is 0 Å². The quantitative estimate of drug-likeness (QED) is 0.630. The molecule has 4 rings (SSSR count). The second-order valence-corrected chi connectivity index (χ2v) is 8.76. The van der Waals surface area contributed by atoms with Crippen LogP contribution in [0.2, 0.25) is 0 Å². The summed E-state index contributed by atoms with van der Waals surface area (Å²) in [5, 5.41) is 10.1. The Hall–Kier alpha value is -0.560. The summed E-state index contributed by atoms with van der Waals surface area (Å²) >= 11 is 0. The number of allylic oxidation sites excluding steroid dienone is 3. The van der Waals surface area contributed by atoms with Crippen molar-refractivity contribution in [2.45, 2.75) is 71.3 Å². The minimum absolute atomic E-state index is 0.0414. The van der Waals surface area contributed by atoms with E-state index in [9.17, 15) is 5.11 Å². The molecule has 0 spiro atoms. The van der Waals surface area contributed by atoms with Gasteiger partial charge in [-0.3, -0.25) is 0 Å². The molecule has 4 aliphatic rings. The molecule has 0 aliphatic heterocycles. The van der Waals surface area contributed by atoms with Crippen LogP contribution in [0.1, 0.15) is 65.2 Å². The Kier molecular flexibility index (Phi) is 2.99. The minimum Gasteiger partial charge on any atom is -0.393 e. The van der Waals surface area contributed by atoms with Crippen molar-refractivity contribution >= 4 is 0 Å². The van der Waals surface area contributed by atoms with Crippen LogP contribution in [0.15, 0.2) is 23.8 Å². The molecule has 0 aromatic heterocycles. The Morgan fingerprint density at radius 2 is 1.95 bits per heavy atom. The van der Waals surface area contributed by atoms with Crippen LogP contribution in [0.3, 0.4) is 0 Å². The maximum Gasteiger partial charge on any atom is 0.0543 e. The fraction of sp³-hybridized carbons (Fsp3) is 0.800. The molecule has 3 saturated carbocycles. The van der Waals surface area contributed by atoms with Gasteiger partial charge in [0, 0.05) is 0 Å². The summed E-state index contributed by atoms with van der Waals surface area (Å²) in [4.78, 5) is 0. The third kappa shape index (κ3) is 1.79. The van der Waals surface area contributed by atoms with Gasteiger partial charge in [-0.05, 0) is 80.0 Å². The van der Waals surface area contributed by atoms with Crippen LogP contribution in [0.4, 0.5) is 0 Å². The average molecular weight is 286 g/mol. The van der Waals surface area contributed by atoms with Crippen LogP contribution in [-0.2, 0) is 0 Å². The van der Waals surface area contributed by atoms with Gasteiger partial charge in [0.05, 0.1) is 6.10 Å². The molecular formula is C20H30O. The van der Waals surface area contributed by atoms with E-state index in [-0.39, 0.29) is 6.10 Å². The number of aliphatic hydroxyl groups is 1. The summed E-state index contributed by atoms with van der Waals surface area (Å²) in [6.07, 6.45) is 12.3. The second-order valence-electron chi connectivity index (χ2n) is 8.76. The van der Waals surface area contributed by atoms with Gasteiger partial charge in [0.2, 0.25) is 0 Å². The Bertz CT molecular complexity index is 504. The zero-order valence-electron chi connectivity index (χ0n) is 13.7. The standard InChI is InChI=1S/C20H30O/c1-13-4-7-17-16-6-5-14-12-15(21)8-10-20(14,3)18(16)9-11-19(13,17)2/h9,14-17,21H,1,4-8,10-12H2,2-3H3/t14-,15-,16+,17+,19-,20+/m1/s1. The topological polar surface area (TPSA) is 20.2 Å². The van der Waals surface area contributed by atoms with Gasteiger partial charge in [0.1, 0.15) is 0 Å². The highest BCUT2D eigenvalue weighted by molar-refractivity contribution is 5.33. The van der Waals surface area contributed by atoms with Crippen LogP contribution in [-0.4, -0.2) is 11.2 Å². The molecule has 0 saturated heterocycles. The van der Waals surface area contributed by atoms with Gasteiger partial charge in [-0.15, -0.1) is 0 Å². The van der Waals surface area contributed by atoms with Gasteiger partial charge in [-0.25, -0.2) is 0 Å². The Labute approximate surface area is 129 Å². The first-order valence-electron chi connectivity index (χ1n) is 9.02. The van der Waals surface area contributed by atoms with E-state index in [1.165, 1.54) is 44.1 Å². The molecule has 0 aromatic rings. The zero-order chi connectivity index (χ0) is 14.8. The SMILES string of the molecule is C=C1CC[C@H]2[C@@H]3CC[C@@H]4C[C@H](O)CC[C@]4(C)C3=CC[C@]12C. The van der Waals surface area contributed by atoms with Crippen molar-refractivity contribution in [1.29, 1.82) is 0 Å². The van der Waals surface area contributed by atoms with Crippen LogP contribution in [0.25, 0.3) is 0 Å². The Morgan fingerprint density at radius 3 is 2.76 bits per heavy atom. The molecule has 0 unspecified atom stereocenters. The van der Waals surface area contributed by atoms with Gasteiger partial charge in [-0.2, -0.15) is 0 Å². The number of fused-ring (bicyclic) bond motifs is 5. The van der Waals surface area contributed by atoms with Gasteiger partial charge in [-0.1, -0.05) is 37.6 Å². The third-order valence-corrected chi connectivity index (χ3v) is 7.95. The molecule has 1 nitrogen and oxygen atoms in total. The first kappa shape index (κ1) is 14.1. The van der Waals surface area contributed by atoms with E-state index in [1.54, 1.807) is 5.57 Å². The lowest BCUT2D eigenvalue weighted by Crippen LogP contribution is -2.47. The van der Waals surface area contributed by atoms with Crippen molar-refractivity contribution in [1.82, 2.24) is 0 Å². The minimum atomic E-state index is -0.0414. The first-order valence-corrected chi connectivity index (χ1v) is 9.02. The maximum absolute atomic E-state index is 10.1. The summed E-state index contributed by atoms with van der Waals surface area (Å²) in [6.45, 7) is 9.37. The van der Waals surface area contributed by atoms with E-state index in [2.05, 4.69) is 26.5 Å². The van der Waals surface area contributed by atoms with E-state index in [1.807, 2.05) is 0 Å². The molecule has 0 amide bonds. The fourth-order valence-corrected chi connectivity index (χ4v) is 6.41. The highest BCUT2D eigenvalue weighted by Crippen LogP contribution is 2.64. The molecule has 3 fully saturated rings. The van der Waals surface area contributed by atoms with Gasteiger partial charge >= 0.3 is 0 Å². The molecule has 1 N–H and O–H groups in total. The third-order valence-electron chi connectivity index (χ3n) is 7.95. The lowest BCUT2D eigenvalue weighted by molar-refractivity contribution is -0.00469. The molecule has 6 atom stereocenters. The molecule has 0 bridgehead atoms. The maximum atomic E-state index is 10.1. The zero-order valence-corrected chi connectivity index (χ0v) is 13.7. The molecule has 0 radical (unpaired) electrons. The average Bonchev–Trinajstić information content (AvgIpc) is 2.76. The smallest absolute Gasteiger partial charge is 0.0543 e. The van der Waals surface area contributed by atoms with Crippen molar-refractivity contribution in [2.75, 3.05) is 0 Å². The normalized spacial score (nSPS) is 52.7. The molecule has 0 heterocycles. The van der Waals surface area contributed by atoms with Crippen LogP contribution in [0, 0.1) is 28.6 Å². The number of hydrogen-bond acceptors (Lipinski definition) is 1. The first-order chi connectivity index (χ1) is 9.95. The highest BCUT2D eigenvalue weighted by atomic mass is 16.3. The summed E-state index contributed by atoms with van der Waals surface area (Å²) in [5.74, 6) is 2.37. The van der Waals surface area contributed by atoms with Crippen molar-refractivity contribution < 1.29 is 5.11 Å². The molecule has 21 heavy (non-hydrogen) atoms. The van der Waals surface area contributed by atoms with E-state index in [0.717, 1.165) is 30.6 Å². The number of rotatable bonds is 0. The predicted octanol–water partition coefficient (Wildman–Crippen LogP) is 4.87. The fourth-order valence-electron chi connectivity index (χ4n) is 6.41. The summed E-state index contributed by atoms with van der Waals surface area (Å²) in [6, 6.07) is 0. The van der Waals surface area contributed by atoms with E-state index < -0.39 is 0 Å².